The van der Waals surface area contributed by atoms with Gasteiger partial charge in [0, 0.05) is 17.8 Å². The summed E-state index contributed by atoms with van der Waals surface area (Å²) in [4.78, 5) is 22.7. The van der Waals surface area contributed by atoms with Crippen LogP contribution in [0.3, 0.4) is 0 Å². The van der Waals surface area contributed by atoms with Crippen molar-refractivity contribution in [3.05, 3.63) is 94.8 Å². The molecule has 0 aromatic heterocycles. The first-order valence-corrected chi connectivity index (χ1v) is 10.1. The lowest BCUT2D eigenvalue weighted by molar-refractivity contribution is -0.384. The van der Waals surface area contributed by atoms with E-state index in [4.69, 9.17) is 0 Å². The van der Waals surface area contributed by atoms with Crippen LogP contribution in [0.4, 0.5) is 21.5 Å². The molecule has 0 heterocycles. The summed E-state index contributed by atoms with van der Waals surface area (Å²) in [7, 11) is -4.18. The minimum absolute atomic E-state index is 0.154. The molecule has 8 nitrogen and oxygen atoms in total. The first-order valence-electron chi connectivity index (χ1n) is 8.65. The first-order chi connectivity index (χ1) is 14.3. The summed E-state index contributed by atoms with van der Waals surface area (Å²) in [6.45, 7) is -0.591. The number of nitro benzene ring substituents is 1. The number of carbonyl (C=O) groups is 1. The van der Waals surface area contributed by atoms with E-state index in [2.05, 4.69) is 5.32 Å². The number of para-hydroxylation sites is 1. The minimum atomic E-state index is -4.18. The van der Waals surface area contributed by atoms with Crippen molar-refractivity contribution in [3.63, 3.8) is 0 Å². The number of halogens is 1. The summed E-state index contributed by atoms with van der Waals surface area (Å²) < 4.78 is 40.3. The molecule has 0 fully saturated rings. The molecule has 0 aliphatic carbocycles. The highest BCUT2D eigenvalue weighted by atomic mass is 32.2. The van der Waals surface area contributed by atoms with E-state index < -0.39 is 33.2 Å². The lowest BCUT2D eigenvalue weighted by atomic mass is 10.3. The minimum Gasteiger partial charge on any atom is -0.324 e. The Morgan fingerprint density at radius 2 is 1.67 bits per heavy atom. The van der Waals surface area contributed by atoms with E-state index in [1.165, 1.54) is 36.4 Å². The van der Waals surface area contributed by atoms with Gasteiger partial charge in [0.05, 0.1) is 15.5 Å². The number of amides is 1. The first kappa shape index (κ1) is 20.9. The fraction of sp³-hybridized carbons (Fsp3) is 0.0500. The third kappa shape index (κ3) is 4.78. The molecular formula is C20H16FN3O5S. The van der Waals surface area contributed by atoms with E-state index in [-0.39, 0.29) is 22.0 Å². The second-order valence-electron chi connectivity index (χ2n) is 6.16. The Hall–Kier alpha value is -3.79. The van der Waals surface area contributed by atoms with Gasteiger partial charge in [0.25, 0.3) is 15.7 Å². The maximum atomic E-state index is 13.2. The smallest absolute Gasteiger partial charge is 0.271 e. The maximum Gasteiger partial charge on any atom is 0.271 e. The van der Waals surface area contributed by atoms with Gasteiger partial charge >= 0.3 is 0 Å². The van der Waals surface area contributed by atoms with Crippen LogP contribution in [-0.4, -0.2) is 25.8 Å². The van der Waals surface area contributed by atoms with Crippen LogP contribution >= 0.6 is 0 Å². The molecule has 3 rings (SSSR count). The number of nitrogens with one attached hydrogen (secondary N) is 1. The molecule has 30 heavy (non-hydrogen) atoms. The molecule has 3 aromatic rings. The summed E-state index contributed by atoms with van der Waals surface area (Å²) >= 11 is 0. The van der Waals surface area contributed by atoms with Crippen LogP contribution in [-0.2, 0) is 14.8 Å². The van der Waals surface area contributed by atoms with E-state index in [0.717, 1.165) is 28.6 Å². The average Bonchev–Trinajstić information content (AvgIpc) is 2.73. The number of hydrogen-bond donors (Lipinski definition) is 1. The van der Waals surface area contributed by atoms with Crippen LogP contribution < -0.4 is 9.62 Å². The molecule has 1 amide bonds. The molecule has 0 saturated carbocycles. The van der Waals surface area contributed by atoms with Crippen LogP contribution in [0.2, 0.25) is 0 Å². The molecule has 0 saturated heterocycles. The van der Waals surface area contributed by atoms with Crippen LogP contribution in [0.5, 0.6) is 0 Å². The fourth-order valence-corrected chi connectivity index (χ4v) is 4.09. The Labute approximate surface area is 171 Å². The number of benzene rings is 3. The van der Waals surface area contributed by atoms with E-state index in [0.29, 0.717) is 0 Å². The molecule has 0 aliphatic rings. The Balaban J connectivity index is 1.90. The quantitative estimate of drug-likeness (QED) is 0.456. The van der Waals surface area contributed by atoms with Gasteiger partial charge in [-0.2, -0.15) is 0 Å². The van der Waals surface area contributed by atoms with Gasteiger partial charge in [-0.1, -0.05) is 24.3 Å². The number of nitro groups is 1. The highest BCUT2D eigenvalue weighted by molar-refractivity contribution is 7.92. The van der Waals surface area contributed by atoms with Crippen LogP contribution in [0.15, 0.2) is 83.8 Å². The van der Waals surface area contributed by atoms with Gasteiger partial charge < -0.3 is 5.32 Å². The van der Waals surface area contributed by atoms with Crippen molar-refractivity contribution in [2.24, 2.45) is 0 Å². The van der Waals surface area contributed by atoms with Gasteiger partial charge in [0.15, 0.2) is 0 Å². The number of sulfonamides is 1. The highest BCUT2D eigenvalue weighted by Crippen LogP contribution is 2.24. The lowest BCUT2D eigenvalue weighted by Crippen LogP contribution is -2.38. The van der Waals surface area contributed by atoms with Crippen LogP contribution in [0.25, 0.3) is 0 Å². The Bertz CT molecular complexity index is 1170. The number of carbonyl (C=O) groups excluding carboxylic acids is 1. The summed E-state index contributed by atoms with van der Waals surface area (Å²) in [5, 5.41) is 13.4. The molecule has 0 atom stereocenters. The van der Waals surface area contributed by atoms with Crippen molar-refractivity contribution < 1.29 is 22.5 Å². The van der Waals surface area contributed by atoms with Gasteiger partial charge in [-0.05, 0) is 42.5 Å². The Morgan fingerprint density at radius 3 is 2.30 bits per heavy atom. The monoisotopic (exact) mass is 429 g/mol. The van der Waals surface area contributed by atoms with Crippen molar-refractivity contribution in [3.8, 4) is 0 Å². The number of nitrogens with zero attached hydrogens (tertiary/aromatic N) is 2. The number of non-ortho nitro benzene ring substituents is 1. The van der Waals surface area contributed by atoms with E-state index in [1.807, 2.05) is 0 Å². The predicted octanol–water partition coefficient (Wildman–Crippen LogP) is 3.57. The van der Waals surface area contributed by atoms with Crippen LogP contribution in [0.1, 0.15) is 0 Å². The second-order valence-corrected chi connectivity index (χ2v) is 8.02. The standard InChI is InChI=1S/C20H16FN3O5S/c21-15-9-11-19(12-10-15)30(28,29)23(17-6-2-1-3-7-17)14-20(25)22-16-5-4-8-18(13-16)24(26)27/h1-13H,14H2,(H,22,25). The van der Waals surface area contributed by atoms with E-state index in [9.17, 15) is 27.7 Å². The van der Waals surface area contributed by atoms with Crippen molar-refractivity contribution in [1.82, 2.24) is 0 Å². The van der Waals surface area contributed by atoms with Crippen LogP contribution in [0, 0.1) is 15.9 Å². The fourth-order valence-electron chi connectivity index (χ4n) is 2.67. The van der Waals surface area contributed by atoms with E-state index >= 15 is 0 Å². The Kier molecular flexibility index (Phi) is 6.07. The normalized spacial score (nSPS) is 11.0. The largest absolute Gasteiger partial charge is 0.324 e. The van der Waals surface area contributed by atoms with Gasteiger partial charge in [0.2, 0.25) is 5.91 Å². The molecule has 10 heteroatoms. The van der Waals surface area contributed by atoms with E-state index in [1.54, 1.807) is 18.2 Å². The van der Waals surface area contributed by atoms with Gasteiger partial charge in [-0.15, -0.1) is 0 Å². The number of rotatable bonds is 7. The Morgan fingerprint density at radius 1 is 1.00 bits per heavy atom. The number of hydrogen-bond acceptors (Lipinski definition) is 5. The highest BCUT2D eigenvalue weighted by Gasteiger charge is 2.27. The summed E-state index contributed by atoms with van der Waals surface area (Å²) in [6, 6.07) is 17.5. The predicted molar refractivity (Wildman–Crippen MR) is 109 cm³/mol. The SMILES string of the molecule is O=C(CN(c1ccccc1)S(=O)(=O)c1ccc(F)cc1)Nc1cccc([N+](=O)[O-])c1. The molecule has 0 unspecified atom stereocenters. The molecular weight excluding hydrogens is 413 g/mol. The molecule has 0 radical (unpaired) electrons. The van der Waals surface area contributed by atoms with Gasteiger partial charge in [0.1, 0.15) is 12.4 Å². The van der Waals surface area contributed by atoms with Gasteiger partial charge in [-0.25, -0.2) is 12.8 Å². The molecule has 0 aliphatic heterocycles. The third-order valence-electron chi connectivity index (χ3n) is 4.07. The van der Waals surface area contributed by atoms with Crippen molar-refractivity contribution >= 4 is 33.0 Å². The molecule has 3 aromatic carbocycles. The number of anilines is 2. The molecule has 154 valence electrons. The topological polar surface area (TPSA) is 110 Å². The zero-order valence-corrected chi connectivity index (χ0v) is 16.3. The molecule has 0 bridgehead atoms. The summed E-state index contributed by atoms with van der Waals surface area (Å²) in [6.07, 6.45) is 0. The average molecular weight is 429 g/mol. The van der Waals surface area contributed by atoms with Crippen molar-refractivity contribution in [2.45, 2.75) is 4.90 Å². The lowest BCUT2D eigenvalue weighted by Gasteiger charge is -2.24. The third-order valence-corrected chi connectivity index (χ3v) is 5.86. The summed E-state index contributed by atoms with van der Waals surface area (Å²) in [5.41, 5.74) is 0.170. The second kappa shape index (κ2) is 8.70. The molecule has 1 N–H and O–H groups in total. The zero-order chi connectivity index (χ0) is 21.7. The summed E-state index contributed by atoms with van der Waals surface area (Å²) in [5.74, 6) is -1.30. The maximum absolute atomic E-state index is 13.2. The van der Waals surface area contributed by atoms with Gasteiger partial charge in [-0.3, -0.25) is 19.2 Å². The van der Waals surface area contributed by atoms with Crippen molar-refractivity contribution in [1.29, 1.82) is 0 Å². The zero-order valence-electron chi connectivity index (χ0n) is 15.4. The molecule has 0 spiro atoms. The van der Waals surface area contributed by atoms with Crippen molar-refractivity contribution in [2.75, 3.05) is 16.2 Å².